The number of nitrogens with zero attached hydrogens (tertiary/aromatic N) is 3. The first-order valence-electron chi connectivity index (χ1n) is 10.5. The molecule has 172 valence electrons. The number of aromatic nitrogens is 1. The van der Waals surface area contributed by atoms with Crippen LogP contribution < -0.4 is 4.74 Å². The maximum atomic E-state index is 14.5. The molecular formula is C24H23ClFN3O4. The Labute approximate surface area is 195 Å². The van der Waals surface area contributed by atoms with Crippen LogP contribution in [0.25, 0.3) is 11.3 Å². The highest BCUT2D eigenvalue weighted by molar-refractivity contribution is 6.33. The SMILES string of the molecule is COc1cc(C(=O)N2CCN(C(=O)c3c(-c4c(F)cccc4Cl)noc3C)CC2)ccc1C. The van der Waals surface area contributed by atoms with Gasteiger partial charge in [0.2, 0.25) is 0 Å². The third-order valence-corrected chi connectivity index (χ3v) is 6.10. The number of carbonyl (C=O) groups is 2. The van der Waals surface area contributed by atoms with Crippen LogP contribution in [0.15, 0.2) is 40.9 Å². The lowest BCUT2D eigenvalue weighted by Gasteiger charge is -2.35. The summed E-state index contributed by atoms with van der Waals surface area (Å²) in [7, 11) is 1.57. The van der Waals surface area contributed by atoms with E-state index in [1.807, 2.05) is 13.0 Å². The summed E-state index contributed by atoms with van der Waals surface area (Å²) in [5.74, 6) is -0.127. The molecule has 0 unspecified atom stereocenters. The molecule has 1 saturated heterocycles. The molecule has 0 saturated carbocycles. The lowest BCUT2D eigenvalue weighted by molar-refractivity contribution is 0.0534. The van der Waals surface area contributed by atoms with E-state index in [0.29, 0.717) is 37.5 Å². The molecule has 0 bridgehead atoms. The Kier molecular flexibility index (Phi) is 6.37. The fourth-order valence-corrected chi connectivity index (χ4v) is 4.18. The summed E-state index contributed by atoms with van der Waals surface area (Å²) < 4.78 is 25.0. The second kappa shape index (κ2) is 9.23. The van der Waals surface area contributed by atoms with Crippen molar-refractivity contribution in [3.63, 3.8) is 0 Å². The molecule has 2 amide bonds. The second-order valence-corrected chi connectivity index (χ2v) is 8.24. The van der Waals surface area contributed by atoms with Crippen molar-refractivity contribution in [3.05, 3.63) is 69.7 Å². The zero-order valence-corrected chi connectivity index (χ0v) is 19.3. The maximum absolute atomic E-state index is 14.5. The summed E-state index contributed by atoms with van der Waals surface area (Å²) >= 11 is 6.18. The molecule has 1 fully saturated rings. The quantitative estimate of drug-likeness (QED) is 0.565. The average molecular weight is 472 g/mol. The van der Waals surface area contributed by atoms with E-state index in [4.69, 9.17) is 20.9 Å². The van der Waals surface area contributed by atoms with Gasteiger partial charge in [-0.15, -0.1) is 0 Å². The van der Waals surface area contributed by atoms with E-state index in [1.165, 1.54) is 18.2 Å². The minimum atomic E-state index is -0.589. The third-order valence-electron chi connectivity index (χ3n) is 5.79. The number of piperazine rings is 1. The number of hydrogen-bond acceptors (Lipinski definition) is 5. The molecule has 1 aromatic heterocycles. The lowest BCUT2D eigenvalue weighted by atomic mass is 10.0. The van der Waals surface area contributed by atoms with Gasteiger partial charge in [-0.25, -0.2) is 4.39 Å². The van der Waals surface area contributed by atoms with Gasteiger partial charge < -0.3 is 19.1 Å². The van der Waals surface area contributed by atoms with Gasteiger partial charge in [0.1, 0.15) is 28.6 Å². The second-order valence-electron chi connectivity index (χ2n) is 7.83. The topological polar surface area (TPSA) is 75.9 Å². The Morgan fingerprint density at radius 2 is 1.73 bits per heavy atom. The van der Waals surface area contributed by atoms with Crippen molar-refractivity contribution in [2.75, 3.05) is 33.3 Å². The molecule has 7 nitrogen and oxygen atoms in total. The number of ether oxygens (including phenoxy) is 1. The smallest absolute Gasteiger partial charge is 0.259 e. The van der Waals surface area contributed by atoms with E-state index in [1.54, 1.807) is 36.0 Å². The van der Waals surface area contributed by atoms with Crippen LogP contribution in [0.3, 0.4) is 0 Å². The molecule has 2 heterocycles. The zero-order valence-electron chi connectivity index (χ0n) is 18.5. The standard InChI is InChI=1S/C24H23ClFN3O4/c1-14-7-8-16(13-19(14)32-3)23(30)28-9-11-29(12-10-28)24(31)20-15(2)33-27-22(20)21-17(25)5-4-6-18(21)26/h4-8,13H,9-12H2,1-3H3. The summed E-state index contributed by atoms with van der Waals surface area (Å²) in [6.45, 7) is 4.88. The molecule has 0 aliphatic carbocycles. The highest BCUT2D eigenvalue weighted by Gasteiger charge is 2.31. The fourth-order valence-electron chi connectivity index (χ4n) is 3.93. The normalized spacial score (nSPS) is 13.8. The molecule has 0 atom stereocenters. The van der Waals surface area contributed by atoms with Crippen molar-refractivity contribution in [2.24, 2.45) is 0 Å². The van der Waals surface area contributed by atoms with Crippen LogP contribution >= 0.6 is 11.6 Å². The molecular weight excluding hydrogens is 449 g/mol. The van der Waals surface area contributed by atoms with Crippen LogP contribution in [0, 0.1) is 19.7 Å². The van der Waals surface area contributed by atoms with E-state index in [2.05, 4.69) is 5.16 Å². The molecule has 9 heteroatoms. The Morgan fingerprint density at radius 3 is 2.36 bits per heavy atom. The van der Waals surface area contributed by atoms with Gasteiger partial charge in [0.05, 0.1) is 17.7 Å². The Hall–Kier alpha value is -3.39. The van der Waals surface area contributed by atoms with Crippen molar-refractivity contribution in [1.82, 2.24) is 15.0 Å². The van der Waals surface area contributed by atoms with Gasteiger partial charge in [0.25, 0.3) is 11.8 Å². The molecule has 3 aromatic rings. The first-order valence-corrected chi connectivity index (χ1v) is 10.8. The van der Waals surface area contributed by atoms with Crippen molar-refractivity contribution in [1.29, 1.82) is 0 Å². The van der Waals surface area contributed by atoms with Crippen LogP contribution in [0.2, 0.25) is 5.02 Å². The van der Waals surface area contributed by atoms with Gasteiger partial charge in [0.15, 0.2) is 0 Å². The first kappa shape index (κ1) is 22.8. The summed E-state index contributed by atoms with van der Waals surface area (Å²) in [5, 5.41) is 4.05. The zero-order chi connectivity index (χ0) is 23.7. The first-order chi connectivity index (χ1) is 15.8. The molecule has 4 rings (SSSR count). The van der Waals surface area contributed by atoms with Gasteiger partial charge in [-0.05, 0) is 43.7 Å². The molecule has 1 aliphatic rings. The minimum absolute atomic E-state index is 0.0292. The van der Waals surface area contributed by atoms with Gasteiger partial charge >= 0.3 is 0 Å². The van der Waals surface area contributed by atoms with Crippen LogP contribution in [-0.2, 0) is 0 Å². The largest absolute Gasteiger partial charge is 0.496 e. The van der Waals surface area contributed by atoms with Gasteiger partial charge in [0, 0.05) is 31.7 Å². The Morgan fingerprint density at radius 1 is 1.06 bits per heavy atom. The monoisotopic (exact) mass is 471 g/mol. The Balaban J connectivity index is 1.51. The van der Waals surface area contributed by atoms with E-state index in [0.717, 1.165) is 5.56 Å². The number of halogens is 2. The van der Waals surface area contributed by atoms with Gasteiger partial charge in [-0.1, -0.05) is 28.9 Å². The van der Waals surface area contributed by atoms with Crippen LogP contribution in [-0.4, -0.2) is 60.1 Å². The minimum Gasteiger partial charge on any atom is -0.496 e. The predicted molar refractivity (Wildman–Crippen MR) is 121 cm³/mol. The number of hydrogen-bond donors (Lipinski definition) is 0. The molecule has 1 aliphatic heterocycles. The van der Waals surface area contributed by atoms with Crippen molar-refractivity contribution >= 4 is 23.4 Å². The summed E-state index contributed by atoms with van der Waals surface area (Å²) in [5.41, 5.74) is 1.75. The van der Waals surface area contributed by atoms with E-state index in [-0.39, 0.29) is 39.4 Å². The maximum Gasteiger partial charge on any atom is 0.259 e. The van der Waals surface area contributed by atoms with Crippen LogP contribution in [0.5, 0.6) is 5.75 Å². The van der Waals surface area contributed by atoms with Gasteiger partial charge in [-0.3, -0.25) is 9.59 Å². The van der Waals surface area contributed by atoms with E-state index >= 15 is 0 Å². The number of amides is 2. The highest BCUT2D eigenvalue weighted by atomic mass is 35.5. The van der Waals surface area contributed by atoms with Crippen LogP contribution in [0.4, 0.5) is 4.39 Å². The van der Waals surface area contributed by atoms with E-state index in [9.17, 15) is 14.0 Å². The number of aryl methyl sites for hydroxylation is 2. The highest BCUT2D eigenvalue weighted by Crippen LogP contribution is 2.34. The molecule has 33 heavy (non-hydrogen) atoms. The van der Waals surface area contributed by atoms with Crippen molar-refractivity contribution in [3.8, 4) is 17.0 Å². The summed E-state index contributed by atoms with van der Waals surface area (Å²) in [4.78, 5) is 29.6. The molecule has 2 aromatic carbocycles. The number of carbonyl (C=O) groups excluding carboxylic acids is 2. The number of benzene rings is 2. The lowest BCUT2D eigenvalue weighted by Crippen LogP contribution is -2.50. The Bertz CT molecular complexity index is 1200. The van der Waals surface area contributed by atoms with Crippen molar-refractivity contribution in [2.45, 2.75) is 13.8 Å². The third kappa shape index (κ3) is 4.30. The predicted octanol–water partition coefficient (Wildman–Crippen LogP) is 4.36. The van der Waals surface area contributed by atoms with Crippen molar-refractivity contribution < 1.29 is 23.2 Å². The van der Waals surface area contributed by atoms with Gasteiger partial charge in [-0.2, -0.15) is 0 Å². The molecule has 0 N–H and O–H groups in total. The number of rotatable bonds is 4. The average Bonchev–Trinajstić information content (AvgIpc) is 3.19. The molecule has 0 radical (unpaired) electrons. The number of methoxy groups -OCH3 is 1. The van der Waals surface area contributed by atoms with E-state index < -0.39 is 5.82 Å². The summed E-state index contributed by atoms with van der Waals surface area (Å²) in [6.07, 6.45) is 0. The molecule has 0 spiro atoms. The van der Waals surface area contributed by atoms with Crippen LogP contribution in [0.1, 0.15) is 32.0 Å². The fraction of sp³-hybridized carbons (Fsp3) is 0.292. The summed E-state index contributed by atoms with van der Waals surface area (Å²) in [6, 6.07) is 9.60.